The quantitative estimate of drug-likeness (QED) is 0.826. The molecule has 104 valence electrons. The SMILES string of the molecule is CCSc1ccc(-c2nc(N)c(Br)c(C3CC3)n2)cc1. The smallest absolute Gasteiger partial charge is 0.161 e. The molecule has 1 fully saturated rings. The zero-order valence-electron chi connectivity index (χ0n) is 11.3. The maximum absolute atomic E-state index is 6.00. The minimum atomic E-state index is 0.531. The second-order valence-electron chi connectivity index (χ2n) is 4.86. The lowest BCUT2D eigenvalue weighted by Gasteiger charge is -2.08. The topological polar surface area (TPSA) is 51.8 Å². The molecule has 0 atom stereocenters. The largest absolute Gasteiger partial charge is 0.383 e. The minimum absolute atomic E-state index is 0.531. The van der Waals surface area contributed by atoms with E-state index in [4.69, 9.17) is 10.7 Å². The maximum Gasteiger partial charge on any atom is 0.161 e. The number of nitrogens with zero attached hydrogens (tertiary/aromatic N) is 2. The Bertz CT molecular complexity index is 624. The Kier molecular flexibility index (Phi) is 3.98. The molecule has 0 spiro atoms. The molecule has 0 bridgehead atoms. The van der Waals surface area contributed by atoms with E-state index < -0.39 is 0 Å². The molecule has 1 aromatic carbocycles. The number of hydrogen-bond donors (Lipinski definition) is 1. The molecule has 0 radical (unpaired) electrons. The molecule has 5 heteroatoms. The molecule has 3 nitrogen and oxygen atoms in total. The van der Waals surface area contributed by atoms with E-state index in [2.05, 4.69) is 52.1 Å². The van der Waals surface area contributed by atoms with Crippen LogP contribution >= 0.6 is 27.7 Å². The zero-order chi connectivity index (χ0) is 14.1. The molecule has 0 aliphatic heterocycles. The van der Waals surface area contributed by atoms with Crippen LogP contribution in [0, 0.1) is 0 Å². The highest BCUT2D eigenvalue weighted by atomic mass is 79.9. The van der Waals surface area contributed by atoms with Crippen molar-refractivity contribution in [3.05, 3.63) is 34.4 Å². The average molecular weight is 350 g/mol. The Balaban J connectivity index is 1.96. The van der Waals surface area contributed by atoms with Crippen LogP contribution in [0.2, 0.25) is 0 Å². The van der Waals surface area contributed by atoms with Gasteiger partial charge in [-0.05, 0) is 46.7 Å². The summed E-state index contributed by atoms with van der Waals surface area (Å²) < 4.78 is 0.863. The molecular weight excluding hydrogens is 334 g/mol. The molecule has 1 aliphatic rings. The summed E-state index contributed by atoms with van der Waals surface area (Å²) in [6.07, 6.45) is 2.39. The van der Waals surface area contributed by atoms with E-state index in [1.807, 2.05) is 11.8 Å². The first kappa shape index (κ1) is 13.9. The molecule has 1 aromatic heterocycles. The van der Waals surface area contributed by atoms with Crippen molar-refractivity contribution in [3.8, 4) is 11.4 Å². The fraction of sp³-hybridized carbons (Fsp3) is 0.333. The lowest BCUT2D eigenvalue weighted by Crippen LogP contribution is -2.02. The minimum Gasteiger partial charge on any atom is -0.383 e. The molecule has 1 saturated carbocycles. The maximum atomic E-state index is 6.00. The highest BCUT2D eigenvalue weighted by Gasteiger charge is 2.29. The van der Waals surface area contributed by atoms with E-state index in [1.54, 1.807) is 0 Å². The molecule has 1 heterocycles. The first-order valence-electron chi connectivity index (χ1n) is 6.75. The van der Waals surface area contributed by atoms with Gasteiger partial charge in [0.05, 0.1) is 10.2 Å². The third-order valence-corrected chi connectivity index (χ3v) is 5.00. The van der Waals surface area contributed by atoms with Gasteiger partial charge < -0.3 is 5.73 Å². The molecule has 0 unspecified atom stereocenters. The third kappa shape index (κ3) is 2.83. The van der Waals surface area contributed by atoms with Crippen molar-refractivity contribution < 1.29 is 0 Å². The monoisotopic (exact) mass is 349 g/mol. The predicted octanol–water partition coefficient (Wildman–Crippen LogP) is 4.48. The number of anilines is 1. The van der Waals surface area contributed by atoms with Gasteiger partial charge in [-0.25, -0.2) is 9.97 Å². The van der Waals surface area contributed by atoms with Crippen molar-refractivity contribution in [3.63, 3.8) is 0 Å². The van der Waals surface area contributed by atoms with Crippen LogP contribution in [0.25, 0.3) is 11.4 Å². The number of aromatic nitrogens is 2. The number of rotatable bonds is 4. The molecule has 1 aliphatic carbocycles. The van der Waals surface area contributed by atoms with Gasteiger partial charge in [-0.15, -0.1) is 11.8 Å². The van der Waals surface area contributed by atoms with Gasteiger partial charge in [-0.3, -0.25) is 0 Å². The van der Waals surface area contributed by atoms with Crippen LogP contribution in [-0.4, -0.2) is 15.7 Å². The van der Waals surface area contributed by atoms with Crippen molar-refractivity contribution in [2.45, 2.75) is 30.6 Å². The van der Waals surface area contributed by atoms with E-state index in [0.717, 1.165) is 27.3 Å². The molecule has 3 rings (SSSR count). The van der Waals surface area contributed by atoms with Crippen LogP contribution in [0.15, 0.2) is 33.6 Å². The highest BCUT2D eigenvalue weighted by Crippen LogP contribution is 2.44. The normalized spacial score (nSPS) is 14.5. The summed E-state index contributed by atoms with van der Waals surface area (Å²) in [6, 6.07) is 8.36. The lowest BCUT2D eigenvalue weighted by atomic mass is 10.2. The van der Waals surface area contributed by atoms with Gasteiger partial charge in [-0.2, -0.15) is 0 Å². The van der Waals surface area contributed by atoms with E-state index in [-0.39, 0.29) is 0 Å². The van der Waals surface area contributed by atoms with Crippen LogP contribution in [-0.2, 0) is 0 Å². The van der Waals surface area contributed by atoms with Crippen LogP contribution in [0.4, 0.5) is 5.82 Å². The Labute approximate surface area is 131 Å². The Morgan fingerprint density at radius 1 is 1.25 bits per heavy atom. The number of hydrogen-bond acceptors (Lipinski definition) is 4. The molecule has 0 amide bonds. The number of nitrogens with two attached hydrogens (primary N) is 1. The first-order valence-corrected chi connectivity index (χ1v) is 8.53. The van der Waals surface area contributed by atoms with Gasteiger partial charge in [0.15, 0.2) is 5.82 Å². The molecular formula is C15H16BrN3S. The van der Waals surface area contributed by atoms with Gasteiger partial charge in [0.1, 0.15) is 5.82 Å². The summed E-state index contributed by atoms with van der Waals surface area (Å²) in [5.74, 6) is 2.88. The summed E-state index contributed by atoms with van der Waals surface area (Å²) >= 11 is 5.34. The van der Waals surface area contributed by atoms with Crippen LogP contribution in [0.5, 0.6) is 0 Å². The summed E-state index contributed by atoms with van der Waals surface area (Å²) in [5.41, 5.74) is 8.07. The number of thioether (sulfide) groups is 1. The number of nitrogen functional groups attached to an aromatic ring is 1. The Morgan fingerprint density at radius 3 is 2.55 bits per heavy atom. The van der Waals surface area contributed by atoms with E-state index in [1.165, 1.54) is 17.7 Å². The summed E-state index contributed by atoms with van der Waals surface area (Å²) in [5, 5.41) is 0. The second-order valence-corrected chi connectivity index (χ2v) is 6.99. The van der Waals surface area contributed by atoms with Gasteiger partial charge in [0.2, 0.25) is 0 Å². The van der Waals surface area contributed by atoms with Gasteiger partial charge in [0.25, 0.3) is 0 Å². The third-order valence-electron chi connectivity index (χ3n) is 3.29. The standard InChI is InChI=1S/C15H16BrN3S/c1-2-20-11-7-5-10(6-8-11)15-18-13(9-3-4-9)12(16)14(17)19-15/h5-9H,2-4H2,1H3,(H2,17,18,19). The fourth-order valence-electron chi connectivity index (χ4n) is 2.11. The van der Waals surface area contributed by atoms with Crippen molar-refractivity contribution >= 4 is 33.5 Å². The first-order chi connectivity index (χ1) is 9.69. The van der Waals surface area contributed by atoms with Crippen LogP contribution < -0.4 is 5.73 Å². The molecule has 2 N–H and O–H groups in total. The number of halogens is 1. The van der Waals surface area contributed by atoms with Gasteiger partial charge in [0, 0.05) is 16.4 Å². The fourth-order valence-corrected chi connectivity index (χ4v) is 3.27. The lowest BCUT2D eigenvalue weighted by molar-refractivity contribution is 0.984. The molecule has 20 heavy (non-hydrogen) atoms. The summed E-state index contributed by atoms with van der Waals surface area (Å²) in [7, 11) is 0. The van der Waals surface area contributed by atoms with Crippen LogP contribution in [0.1, 0.15) is 31.4 Å². The van der Waals surface area contributed by atoms with E-state index in [0.29, 0.717) is 11.7 Å². The highest BCUT2D eigenvalue weighted by molar-refractivity contribution is 9.10. The number of benzene rings is 1. The predicted molar refractivity (Wildman–Crippen MR) is 88.0 cm³/mol. The molecule has 0 saturated heterocycles. The van der Waals surface area contributed by atoms with Gasteiger partial charge >= 0.3 is 0 Å². The van der Waals surface area contributed by atoms with Crippen molar-refractivity contribution in [1.82, 2.24) is 9.97 Å². The van der Waals surface area contributed by atoms with Crippen LogP contribution in [0.3, 0.4) is 0 Å². The Hall–Kier alpha value is -1.07. The van der Waals surface area contributed by atoms with E-state index >= 15 is 0 Å². The van der Waals surface area contributed by atoms with Gasteiger partial charge in [-0.1, -0.05) is 19.1 Å². The molecule has 2 aromatic rings. The van der Waals surface area contributed by atoms with E-state index in [9.17, 15) is 0 Å². The summed E-state index contributed by atoms with van der Waals surface area (Å²) in [4.78, 5) is 10.4. The Morgan fingerprint density at radius 2 is 1.95 bits per heavy atom. The second kappa shape index (κ2) is 5.74. The van der Waals surface area contributed by atoms with Crippen molar-refractivity contribution in [2.24, 2.45) is 0 Å². The zero-order valence-corrected chi connectivity index (χ0v) is 13.7. The average Bonchev–Trinajstić information content (AvgIpc) is 3.27. The van der Waals surface area contributed by atoms with Crippen molar-refractivity contribution in [2.75, 3.05) is 11.5 Å². The summed E-state index contributed by atoms with van der Waals surface area (Å²) in [6.45, 7) is 2.15. The van der Waals surface area contributed by atoms with Crippen molar-refractivity contribution in [1.29, 1.82) is 0 Å².